The highest BCUT2D eigenvalue weighted by Crippen LogP contribution is 2.17. The monoisotopic (exact) mass is 278 g/mol. The Hall–Kier alpha value is -1.62. The molecule has 0 N–H and O–H groups in total. The first-order valence-electron chi connectivity index (χ1n) is 7.25. The third kappa shape index (κ3) is 3.93. The van der Waals surface area contributed by atoms with Crippen molar-refractivity contribution >= 4 is 5.97 Å². The maximum atomic E-state index is 11.8. The van der Waals surface area contributed by atoms with Crippen molar-refractivity contribution in [1.82, 2.24) is 9.47 Å². The lowest BCUT2D eigenvalue weighted by Crippen LogP contribution is -2.41. The van der Waals surface area contributed by atoms with Crippen molar-refractivity contribution in [2.24, 2.45) is 5.92 Å². The van der Waals surface area contributed by atoms with E-state index in [1.807, 2.05) is 13.0 Å². The first-order valence-corrected chi connectivity index (χ1v) is 7.25. The van der Waals surface area contributed by atoms with Gasteiger partial charge in [-0.3, -0.25) is 9.59 Å². The van der Waals surface area contributed by atoms with Crippen molar-refractivity contribution in [3.63, 3.8) is 0 Å². The number of pyridine rings is 1. The highest BCUT2D eigenvalue weighted by molar-refractivity contribution is 5.72. The summed E-state index contributed by atoms with van der Waals surface area (Å²) >= 11 is 0. The Labute approximate surface area is 119 Å². The van der Waals surface area contributed by atoms with E-state index < -0.39 is 0 Å². The normalized spacial score (nSPS) is 19.8. The van der Waals surface area contributed by atoms with Gasteiger partial charge in [-0.25, -0.2) is 0 Å². The van der Waals surface area contributed by atoms with Crippen molar-refractivity contribution in [1.29, 1.82) is 0 Å². The fourth-order valence-corrected chi connectivity index (χ4v) is 2.61. The number of hydrogen-bond donors (Lipinski definition) is 0. The topological polar surface area (TPSA) is 51.5 Å². The molecule has 1 aliphatic heterocycles. The predicted molar refractivity (Wildman–Crippen MR) is 76.5 cm³/mol. The second-order valence-corrected chi connectivity index (χ2v) is 5.12. The molecule has 5 nitrogen and oxygen atoms in total. The highest BCUT2D eigenvalue weighted by atomic mass is 16.5. The summed E-state index contributed by atoms with van der Waals surface area (Å²) in [5.74, 6) is -0.106. The van der Waals surface area contributed by atoms with Crippen molar-refractivity contribution in [2.75, 3.05) is 26.2 Å². The van der Waals surface area contributed by atoms with Gasteiger partial charge in [-0.2, -0.15) is 0 Å². The maximum absolute atomic E-state index is 11.8. The van der Waals surface area contributed by atoms with E-state index in [4.69, 9.17) is 4.74 Å². The molecule has 1 aromatic heterocycles. The number of esters is 1. The molecule has 0 bridgehead atoms. The summed E-state index contributed by atoms with van der Waals surface area (Å²) in [6.07, 6.45) is 3.71. The van der Waals surface area contributed by atoms with Gasteiger partial charge < -0.3 is 14.2 Å². The van der Waals surface area contributed by atoms with Crippen LogP contribution in [0.1, 0.15) is 19.8 Å². The molecular formula is C15H22N2O3. The van der Waals surface area contributed by atoms with Crippen LogP contribution < -0.4 is 5.56 Å². The van der Waals surface area contributed by atoms with Gasteiger partial charge in [-0.15, -0.1) is 0 Å². The molecule has 1 atom stereocenters. The van der Waals surface area contributed by atoms with Gasteiger partial charge >= 0.3 is 5.97 Å². The lowest BCUT2D eigenvalue weighted by Gasteiger charge is -2.31. The van der Waals surface area contributed by atoms with Crippen molar-refractivity contribution in [2.45, 2.75) is 26.3 Å². The summed E-state index contributed by atoms with van der Waals surface area (Å²) in [4.78, 5) is 25.6. The van der Waals surface area contributed by atoms with Gasteiger partial charge in [0.1, 0.15) is 0 Å². The van der Waals surface area contributed by atoms with Crippen molar-refractivity contribution in [3.05, 3.63) is 34.7 Å². The largest absolute Gasteiger partial charge is 0.466 e. The van der Waals surface area contributed by atoms with Gasteiger partial charge in [0, 0.05) is 31.9 Å². The molecule has 1 aliphatic rings. The van der Waals surface area contributed by atoms with Crippen LogP contribution in [-0.4, -0.2) is 41.7 Å². The van der Waals surface area contributed by atoms with Gasteiger partial charge in [0.25, 0.3) is 5.56 Å². The quantitative estimate of drug-likeness (QED) is 0.758. The van der Waals surface area contributed by atoms with Gasteiger partial charge in [0.2, 0.25) is 0 Å². The average molecular weight is 278 g/mol. The number of carbonyl (C=O) groups is 1. The predicted octanol–water partition coefficient (Wildman–Crippen LogP) is 1.12. The van der Waals surface area contributed by atoms with E-state index in [1.165, 1.54) is 0 Å². The third-order valence-corrected chi connectivity index (χ3v) is 3.68. The molecule has 0 aliphatic carbocycles. The van der Waals surface area contributed by atoms with Crippen LogP contribution in [0.15, 0.2) is 29.2 Å². The van der Waals surface area contributed by atoms with Crippen LogP contribution in [0.5, 0.6) is 0 Å². The van der Waals surface area contributed by atoms with Gasteiger partial charge in [0.05, 0.1) is 12.5 Å². The molecule has 2 heterocycles. The van der Waals surface area contributed by atoms with E-state index in [0.29, 0.717) is 13.2 Å². The fraction of sp³-hybridized carbons (Fsp3) is 0.600. The summed E-state index contributed by atoms with van der Waals surface area (Å²) in [5, 5.41) is 0. The van der Waals surface area contributed by atoms with E-state index in [2.05, 4.69) is 4.90 Å². The van der Waals surface area contributed by atoms with E-state index >= 15 is 0 Å². The molecule has 0 radical (unpaired) electrons. The number of nitrogens with zero attached hydrogens (tertiary/aromatic N) is 2. The van der Waals surface area contributed by atoms with Gasteiger partial charge in [-0.1, -0.05) is 6.07 Å². The maximum Gasteiger partial charge on any atom is 0.310 e. The number of carbonyl (C=O) groups excluding carboxylic acids is 1. The number of piperidine rings is 1. The summed E-state index contributed by atoms with van der Waals surface area (Å²) < 4.78 is 6.79. The van der Waals surface area contributed by atoms with Crippen LogP contribution >= 0.6 is 0 Å². The minimum Gasteiger partial charge on any atom is -0.466 e. The van der Waals surface area contributed by atoms with E-state index in [0.717, 1.165) is 32.5 Å². The van der Waals surface area contributed by atoms with Gasteiger partial charge in [-0.05, 0) is 32.4 Å². The summed E-state index contributed by atoms with van der Waals surface area (Å²) in [5.41, 5.74) is 0.0199. The Bertz CT molecular complexity index is 498. The third-order valence-electron chi connectivity index (χ3n) is 3.68. The lowest BCUT2D eigenvalue weighted by atomic mass is 9.98. The fourth-order valence-electron chi connectivity index (χ4n) is 2.61. The zero-order valence-electron chi connectivity index (χ0n) is 12.0. The summed E-state index contributed by atoms with van der Waals surface area (Å²) in [6.45, 7) is 5.45. The molecule has 0 unspecified atom stereocenters. The first-order chi connectivity index (χ1) is 9.70. The van der Waals surface area contributed by atoms with E-state index in [-0.39, 0.29) is 17.4 Å². The SMILES string of the molecule is CCOC(=O)[C@@H]1CCCN(CCn2ccccc2=O)C1. The molecule has 1 saturated heterocycles. The molecular weight excluding hydrogens is 256 g/mol. The Morgan fingerprint density at radius 2 is 2.25 bits per heavy atom. The number of rotatable bonds is 5. The van der Waals surface area contributed by atoms with Crippen LogP contribution in [0.4, 0.5) is 0 Å². The van der Waals surface area contributed by atoms with Crippen LogP contribution in [0, 0.1) is 5.92 Å². The minimum absolute atomic E-state index is 0.0174. The second kappa shape index (κ2) is 7.24. The molecule has 20 heavy (non-hydrogen) atoms. The van der Waals surface area contributed by atoms with Crippen LogP contribution in [0.2, 0.25) is 0 Å². The van der Waals surface area contributed by atoms with E-state index in [1.54, 1.807) is 22.9 Å². The number of aromatic nitrogens is 1. The van der Waals surface area contributed by atoms with Gasteiger partial charge in [0.15, 0.2) is 0 Å². The molecule has 2 rings (SSSR count). The summed E-state index contributed by atoms with van der Waals surface area (Å²) in [7, 11) is 0. The second-order valence-electron chi connectivity index (χ2n) is 5.12. The molecule has 0 saturated carbocycles. The average Bonchev–Trinajstić information content (AvgIpc) is 2.47. The molecule has 1 fully saturated rings. The zero-order valence-corrected chi connectivity index (χ0v) is 12.0. The molecule has 1 aromatic rings. The number of ether oxygens (including phenoxy) is 1. The molecule has 0 aromatic carbocycles. The standard InChI is InChI=1S/C15H22N2O3/c1-2-20-15(19)13-6-5-8-16(12-13)10-11-17-9-4-3-7-14(17)18/h3-4,7,9,13H,2,5-6,8,10-12H2,1H3/t13-/m1/s1. The zero-order chi connectivity index (χ0) is 14.4. The Kier molecular flexibility index (Phi) is 5.35. The first kappa shape index (κ1) is 14.8. The Balaban J connectivity index is 1.86. The molecule has 0 spiro atoms. The van der Waals surface area contributed by atoms with Crippen molar-refractivity contribution in [3.8, 4) is 0 Å². The van der Waals surface area contributed by atoms with Crippen LogP contribution in [-0.2, 0) is 16.1 Å². The Morgan fingerprint density at radius 3 is 3.00 bits per heavy atom. The smallest absolute Gasteiger partial charge is 0.310 e. The Morgan fingerprint density at radius 1 is 1.40 bits per heavy atom. The minimum atomic E-state index is -0.0888. The number of hydrogen-bond acceptors (Lipinski definition) is 4. The van der Waals surface area contributed by atoms with E-state index in [9.17, 15) is 9.59 Å². The van der Waals surface area contributed by atoms with Crippen LogP contribution in [0.25, 0.3) is 0 Å². The lowest BCUT2D eigenvalue weighted by molar-refractivity contribution is -0.149. The number of likely N-dealkylation sites (tertiary alicyclic amines) is 1. The molecule has 110 valence electrons. The highest BCUT2D eigenvalue weighted by Gasteiger charge is 2.26. The van der Waals surface area contributed by atoms with Crippen molar-refractivity contribution < 1.29 is 9.53 Å². The molecule has 5 heteroatoms. The summed E-state index contributed by atoms with van der Waals surface area (Å²) in [6, 6.07) is 5.17. The molecule has 0 amide bonds. The van der Waals surface area contributed by atoms with Crippen LogP contribution in [0.3, 0.4) is 0 Å².